The van der Waals surface area contributed by atoms with Gasteiger partial charge in [-0.3, -0.25) is 4.79 Å². The Morgan fingerprint density at radius 1 is 1.21 bits per heavy atom. The van der Waals surface area contributed by atoms with Crippen LogP contribution in [0.3, 0.4) is 0 Å². The monoisotopic (exact) mass is 393 g/mol. The van der Waals surface area contributed by atoms with E-state index < -0.39 is 0 Å². The van der Waals surface area contributed by atoms with Crippen molar-refractivity contribution in [2.45, 2.75) is 45.2 Å². The number of hydrogen-bond donors (Lipinski definition) is 1. The van der Waals surface area contributed by atoms with Gasteiger partial charge in [-0.15, -0.1) is 0 Å². The molecule has 0 aliphatic carbocycles. The highest BCUT2D eigenvalue weighted by atomic mass is 19.1. The van der Waals surface area contributed by atoms with E-state index in [4.69, 9.17) is 5.73 Å². The van der Waals surface area contributed by atoms with E-state index in [0.29, 0.717) is 0 Å². The van der Waals surface area contributed by atoms with Crippen molar-refractivity contribution in [2.24, 2.45) is 5.73 Å². The Morgan fingerprint density at radius 2 is 1.93 bits per heavy atom. The van der Waals surface area contributed by atoms with Crippen LogP contribution < -0.4 is 5.73 Å². The smallest absolute Gasteiger partial charge is 0.218 e. The first-order valence-electron chi connectivity index (χ1n) is 10.2. The molecule has 1 amide bonds. The standard InChI is InChI=1S/C24H28FN3O/c1-15-4-9-22-20(12-15)21-14-27(3)11-10-23(21)28(22)16(2)19(13-24(26)29)17-5-7-18(25)8-6-17/h4-9,12,16,19H,10-11,13-14H2,1-3H3,(H2,26,29). The van der Waals surface area contributed by atoms with Crippen LogP contribution >= 0.6 is 0 Å². The number of benzene rings is 2. The molecule has 5 heteroatoms. The number of halogens is 1. The summed E-state index contributed by atoms with van der Waals surface area (Å²) < 4.78 is 15.9. The summed E-state index contributed by atoms with van der Waals surface area (Å²) in [7, 11) is 2.15. The van der Waals surface area contributed by atoms with E-state index in [2.05, 4.69) is 48.6 Å². The number of hydrogen-bond acceptors (Lipinski definition) is 2. The van der Waals surface area contributed by atoms with Crippen LogP contribution in [0.15, 0.2) is 42.5 Å². The largest absolute Gasteiger partial charge is 0.370 e. The van der Waals surface area contributed by atoms with E-state index in [1.54, 1.807) is 12.1 Å². The Bertz CT molecular complexity index is 1050. The van der Waals surface area contributed by atoms with E-state index in [1.165, 1.54) is 39.9 Å². The molecule has 2 unspecified atom stereocenters. The predicted molar refractivity (Wildman–Crippen MR) is 114 cm³/mol. The topological polar surface area (TPSA) is 51.3 Å². The average Bonchev–Trinajstić information content (AvgIpc) is 2.99. The molecule has 3 aromatic rings. The summed E-state index contributed by atoms with van der Waals surface area (Å²) >= 11 is 0. The predicted octanol–water partition coefficient (Wildman–Crippen LogP) is 4.30. The van der Waals surface area contributed by atoms with E-state index in [0.717, 1.165) is 25.1 Å². The number of aromatic nitrogens is 1. The zero-order valence-electron chi connectivity index (χ0n) is 17.3. The third-order valence-electron chi connectivity index (χ3n) is 6.24. The molecule has 0 fully saturated rings. The number of nitrogens with two attached hydrogens (primary N) is 1. The lowest BCUT2D eigenvalue weighted by atomic mass is 9.88. The minimum atomic E-state index is -0.341. The summed E-state index contributed by atoms with van der Waals surface area (Å²) in [5.74, 6) is -0.734. The fraction of sp³-hybridized carbons (Fsp3) is 0.375. The second-order valence-electron chi connectivity index (χ2n) is 8.37. The maximum Gasteiger partial charge on any atom is 0.218 e. The number of carbonyl (C=O) groups is 1. The van der Waals surface area contributed by atoms with Crippen molar-refractivity contribution in [3.8, 4) is 0 Å². The SMILES string of the molecule is Cc1ccc2c(c1)c1c(n2C(C)C(CC(N)=O)c2ccc(F)cc2)CCN(C)C1. The van der Waals surface area contributed by atoms with Crippen LogP contribution in [0.2, 0.25) is 0 Å². The van der Waals surface area contributed by atoms with Gasteiger partial charge in [0.1, 0.15) is 5.82 Å². The molecule has 2 atom stereocenters. The van der Waals surface area contributed by atoms with Crippen LogP contribution in [0.25, 0.3) is 10.9 Å². The molecule has 29 heavy (non-hydrogen) atoms. The van der Waals surface area contributed by atoms with Crippen molar-refractivity contribution >= 4 is 16.8 Å². The Kier molecular flexibility index (Phi) is 5.17. The number of nitrogens with zero attached hydrogens (tertiary/aromatic N) is 2. The molecule has 4 rings (SSSR count). The van der Waals surface area contributed by atoms with Gasteiger partial charge in [0.25, 0.3) is 0 Å². The second kappa shape index (κ2) is 7.64. The molecule has 4 nitrogen and oxygen atoms in total. The highest BCUT2D eigenvalue weighted by Gasteiger charge is 2.29. The Labute approximate surface area is 171 Å². The molecule has 2 heterocycles. The normalized spacial score (nSPS) is 16.6. The van der Waals surface area contributed by atoms with E-state index in [9.17, 15) is 9.18 Å². The van der Waals surface area contributed by atoms with Gasteiger partial charge in [0.15, 0.2) is 0 Å². The number of likely N-dealkylation sites (N-methyl/N-ethyl adjacent to an activating group) is 1. The summed E-state index contributed by atoms with van der Waals surface area (Å²) in [5.41, 5.74) is 11.7. The highest BCUT2D eigenvalue weighted by molar-refractivity contribution is 5.87. The third kappa shape index (κ3) is 3.67. The first kappa shape index (κ1) is 19.6. The second-order valence-corrected chi connectivity index (χ2v) is 8.37. The molecular weight excluding hydrogens is 365 g/mol. The van der Waals surface area contributed by atoms with Gasteiger partial charge in [-0.2, -0.15) is 0 Å². The van der Waals surface area contributed by atoms with Crippen molar-refractivity contribution in [3.05, 3.63) is 70.7 Å². The molecule has 152 valence electrons. The number of carbonyl (C=O) groups excluding carboxylic acids is 1. The van der Waals surface area contributed by atoms with E-state index in [-0.39, 0.29) is 30.1 Å². The fourth-order valence-corrected chi connectivity index (χ4v) is 4.78. The molecule has 2 aromatic carbocycles. The maximum absolute atomic E-state index is 13.5. The number of primary amides is 1. The van der Waals surface area contributed by atoms with Gasteiger partial charge in [0.05, 0.1) is 0 Å². The molecule has 1 aromatic heterocycles. The molecule has 0 saturated carbocycles. The van der Waals surface area contributed by atoms with Crippen LogP contribution in [-0.2, 0) is 17.8 Å². The van der Waals surface area contributed by atoms with Crippen LogP contribution in [-0.4, -0.2) is 29.0 Å². The van der Waals surface area contributed by atoms with Gasteiger partial charge in [-0.25, -0.2) is 4.39 Å². The van der Waals surface area contributed by atoms with E-state index in [1.807, 2.05) is 0 Å². The summed E-state index contributed by atoms with van der Waals surface area (Å²) in [5, 5.41) is 1.29. The van der Waals surface area contributed by atoms with Crippen molar-refractivity contribution in [1.29, 1.82) is 0 Å². The van der Waals surface area contributed by atoms with E-state index >= 15 is 0 Å². The quantitative estimate of drug-likeness (QED) is 0.703. The zero-order chi connectivity index (χ0) is 20.7. The van der Waals surface area contributed by atoms with Crippen LogP contribution in [0.4, 0.5) is 4.39 Å². The minimum absolute atomic E-state index is 0.0188. The number of amides is 1. The lowest BCUT2D eigenvalue weighted by Gasteiger charge is -2.30. The number of aryl methyl sites for hydroxylation is 1. The lowest BCUT2D eigenvalue weighted by Crippen LogP contribution is -2.29. The van der Waals surface area contributed by atoms with Gasteiger partial charge < -0.3 is 15.2 Å². The zero-order valence-corrected chi connectivity index (χ0v) is 17.3. The summed E-state index contributed by atoms with van der Waals surface area (Å²) in [6.07, 6.45) is 1.20. The molecule has 0 radical (unpaired) electrons. The van der Waals surface area contributed by atoms with Gasteiger partial charge >= 0.3 is 0 Å². The van der Waals surface area contributed by atoms with Gasteiger partial charge in [-0.05, 0) is 56.3 Å². The van der Waals surface area contributed by atoms with Crippen LogP contribution in [0, 0.1) is 12.7 Å². The van der Waals surface area contributed by atoms with Crippen molar-refractivity contribution in [1.82, 2.24) is 9.47 Å². The molecule has 1 aliphatic heterocycles. The summed E-state index contributed by atoms with van der Waals surface area (Å²) in [4.78, 5) is 14.2. The van der Waals surface area contributed by atoms with Crippen molar-refractivity contribution in [2.75, 3.05) is 13.6 Å². The fourth-order valence-electron chi connectivity index (χ4n) is 4.78. The molecule has 2 N–H and O–H groups in total. The number of rotatable bonds is 5. The van der Waals surface area contributed by atoms with Crippen molar-refractivity contribution in [3.63, 3.8) is 0 Å². The lowest BCUT2D eigenvalue weighted by molar-refractivity contribution is -0.118. The molecule has 0 spiro atoms. The molecular formula is C24H28FN3O. The van der Waals surface area contributed by atoms with Gasteiger partial charge in [0.2, 0.25) is 5.91 Å². The van der Waals surface area contributed by atoms with Crippen LogP contribution in [0.5, 0.6) is 0 Å². The van der Waals surface area contributed by atoms with Crippen LogP contribution in [0.1, 0.15) is 47.7 Å². The highest BCUT2D eigenvalue weighted by Crippen LogP contribution is 2.39. The minimum Gasteiger partial charge on any atom is -0.370 e. The summed E-state index contributed by atoms with van der Waals surface area (Å²) in [6, 6.07) is 13.1. The molecule has 0 saturated heterocycles. The maximum atomic E-state index is 13.5. The molecule has 1 aliphatic rings. The summed E-state index contributed by atoms with van der Waals surface area (Å²) in [6.45, 7) is 6.19. The average molecular weight is 394 g/mol. The Hall–Kier alpha value is -2.66. The van der Waals surface area contributed by atoms with Gasteiger partial charge in [0, 0.05) is 54.5 Å². The third-order valence-corrected chi connectivity index (χ3v) is 6.24. The number of fused-ring (bicyclic) bond motifs is 3. The first-order chi connectivity index (χ1) is 13.8. The molecule has 0 bridgehead atoms. The Balaban J connectivity index is 1.87. The van der Waals surface area contributed by atoms with Crippen molar-refractivity contribution < 1.29 is 9.18 Å². The van der Waals surface area contributed by atoms with Gasteiger partial charge in [-0.1, -0.05) is 23.8 Å². The Morgan fingerprint density at radius 3 is 2.62 bits per heavy atom. The first-order valence-corrected chi connectivity index (χ1v) is 10.2.